The maximum atomic E-state index is 4.32. The number of aromatic nitrogens is 2. The summed E-state index contributed by atoms with van der Waals surface area (Å²) in [7, 11) is 0. The average molecular weight is 200 g/mol. The fourth-order valence-corrected chi connectivity index (χ4v) is 2.76. The van der Waals surface area contributed by atoms with Crippen LogP contribution in [0.4, 0.5) is 0 Å². The van der Waals surface area contributed by atoms with Crippen molar-refractivity contribution in [2.75, 3.05) is 0 Å². The number of fused-ring (bicyclic) bond motifs is 3. The summed E-state index contributed by atoms with van der Waals surface area (Å²) in [5.41, 5.74) is 1.07. The summed E-state index contributed by atoms with van der Waals surface area (Å²) < 4.78 is 2.52. The normalized spacial score (nSPS) is 11.2. The molecule has 0 fully saturated rings. The molecular weight excluding hydrogens is 192 g/mol. The maximum Gasteiger partial charge on any atom is 0.0539 e. The molecule has 3 aromatic rings. The number of hydrogen-bond acceptors (Lipinski definition) is 3. The minimum Gasteiger partial charge on any atom is -0.263 e. The Bertz CT molecular complexity index is 613. The van der Waals surface area contributed by atoms with Crippen LogP contribution in [0.15, 0.2) is 30.7 Å². The van der Waals surface area contributed by atoms with Gasteiger partial charge in [-0.1, -0.05) is 0 Å². The lowest BCUT2D eigenvalue weighted by Crippen LogP contribution is -1.76. The molecule has 0 bridgehead atoms. The number of aryl methyl sites for hydroxylation is 1. The van der Waals surface area contributed by atoms with Gasteiger partial charge < -0.3 is 0 Å². The van der Waals surface area contributed by atoms with Crippen LogP contribution in [0.2, 0.25) is 0 Å². The molecule has 0 saturated heterocycles. The van der Waals surface area contributed by atoms with E-state index in [2.05, 4.69) is 16.0 Å². The smallest absolute Gasteiger partial charge is 0.0539 e. The highest BCUT2D eigenvalue weighted by atomic mass is 32.1. The molecule has 0 unspecified atom stereocenters. The van der Waals surface area contributed by atoms with Gasteiger partial charge in [-0.05, 0) is 19.1 Å². The molecule has 0 saturated carbocycles. The topological polar surface area (TPSA) is 25.8 Å². The minimum atomic E-state index is 1.07. The van der Waals surface area contributed by atoms with Crippen LogP contribution in [0.25, 0.3) is 20.2 Å². The van der Waals surface area contributed by atoms with Gasteiger partial charge in [0.1, 0.15) is 0 Å². The van der Waals surface area contributed by atoms with Crippen LogP contribution < -0.4 is 0 Å². The van der Waals surface area contributed by atoms with E-state index in [1.165, 1.54) is 20.2 Å². The van der Waals surface area contributed by atoms with E-state index in [1.807, 2.05) is 31.6 Å². The SMILES string of the molecule is Cc1cc2sc3cnccc3c2cn1. The van der Waals surface area contributed by atoms with E-state index in [0.717, 1.165) is 5.69 Å². The summed E-state index contributed by atoms with van der Waals surface area (Å²) in [4.78, 5) is 8.44. The van der Waals surface area contributed by atoms with Crippen molar-refractivity contribution in [3.05, 3.63) is 36.4 Å². The fourth-order valence-electron chi connectivity index (χ4n) is 1.62. The van der Waals surface area contributed by atoms with Crippen LogP contribution >= 0.6 is 11.3 Å². The number of hydrogen-bond donors (Lipinski definition) is 0. The van der Waals surface area contributed by atoms with Gasteiger partial charge in [0.05, 0.1) is 4.70 Å². The van der Waals surface area contributed by atoms with Crippen molar-refractivity contribution in [1.82, 2.24) is 9.97 Å². The van der Waals surface area contributed by atoms with E-state index >= 15 is 0 Å². The maximum absolute atomic E-state index is 4.32. The molecule has 0 aliphatic rings. The van der Waals surface area contributed by atoms with Crippen molar-refractivity contribution in [1.29, 1.82) is 0 Å². The second-order valence-electron chi connectivity index (χ2n) is 3.30. The van der Waals surface area contributed by atoms with E-state index in [1.54, 1.807) is 11.3 Å². The predicted molar refractivity (Wildman–Crippen MR) is 59.7 cm³/mol. The summed E-state index contributed by atoms with van der Waals surface area (Å²) in [6, 6.07) is 4.17. The summed E-state index contributed by atoms with van der Waals surface area (Å²) in [5.74, 6) is 0. The molecule has 68 valence electrons. The van der Waals surface area contributed by atoms with E-state index in [4.69, 9.17) is 0 Å². The Kier molecular flexibility index (Phi) is 1.55. The Balaban J connectivity index is 2.57. The van der Waals surface area contributed by atoms with Crippen molar-refractivity contribution >= 4 is 31.5 Å². The van der Waals surface area contributed by atoms with Crippen molar-refractivity contribution in [2.24, 2.45) is 0 Å². The highest BCUT2D eigenvalue weighted by Gasteiger charge is 2.04. The molecule has 0 atom stereocenters. The van der Waals surface area contributed by atoms with Gasteiger partial charge in [-0.15, -0.1) is 11.3 Å². The quantitative estimate of drug-likeness (QED) is 0.557. The first kappa shape index (κ1) is 7.88. The Labute approximate surface area is 85.2 Å². The van der Waals surface area contributed by atoms with E-state index in [0.29, 0.717) is 0 Å². The molecule has 0 spiro atoms. The molecule has 0 amide bonds. The van der Waals surface area contributed by atoms with Gasteiger partial charge >= 0.3 is 0 Å². The lowest BCUT2D eigenvalue weighted by Gasteiger charge is -1.91. The third-order valence-corrected chi connectivity index (χ3v) is 3.40. The number of thiophene rings is 1. The Morgan fingerprint density at radius 3 is 3.00 bits per heavy atom. The van der Waals surface area contributed by atoms with Crippen LogP contribution in [0.5, 0.6) is 0 Å². The molecule has 0 N–H and O–H groups in total. The second-order valence-corrected chi connectivity index (χ2v) is 4.38. The molecule has 3 heterocycles. The molecule has 0 radical (unpaired) electrons. The molecule has 2 nitrogen and oxygen atoms in total. The van der Waals surface area contributed by atoms with Crippen LogP contribution in [-0.4, -0.2) is 9.97 Å². The first-order chi connectivity index (χ1) is 6.84. The van der Waals surface area contributed by atoms with Gasteiger partial charge in [0.15, 0.2) is 0 Å². The lowest BCUT2D eigenvalue weighted by molar-refractivity contribution is 1.23. The molecule has 0 aliphatic heterocycles. The van der Waals surface area contributed by atoms with Crippen molar-refractivity contribution < 1.29 is 0 Å². The number of pyridine rings is 2. The van der Waals surface area contributed by atoms with Gasteiger partial charge in [-0.2, -0.15) is 0 Å². The van der Waals surface area contributed by atoms with Gasteiger partial charge in [-0.25, -0.2) is 0 Å². The number of nitrogens with zero attached hydrogens (tertiary/aromatic N) is 2. The zero-order valence-corrected chi connectivity index (χ0v) is 8.51. The summed E-state index contributed by atoms with van der Waals surface area (Å²) in [5, 5.41) is 2.49. The Morgan fingerprint density at radius 2 is 2.07 bits per heavy atom. The first-order valence-corrected chi connectivity index (χ1v) is 5.25. The van der Waals surface area contributed by atoms with Gasteiger partial charge in [0.2, 0.25) is 0 Å². The molecule has 0 aliphatic carbocycles. The predicted octanol–water partition coefficient (Wildman–Crippen LogP) is 3.15. The fraction of sp³-hybridized carbons (Fsp3) is 0.0909. The highest BCUT2D eigenvalue weighted by molar-refractivity contribution is 7.25. The van der Waals surface area contributed by atoms with E-state index in [9.17, 15) is 0 Å². The van der Waals surface area contributed by atoms with Crippen molar-refractivity contribution in [2.45, 2.75) is 6.92 Å². The summed E-state index contributed by atoms with van der Waals surface area (Å²) in [6.45, 7) is 2.02. The standard InChI is InChI=1S/C11H8N2S/c1-7-4-10-9(5-13-7)8-2-3-12-6-11(8)14-10/h2-6H,1H3. The number of rotatable bonds is 0. The second kappa shape index (κ2) is 2.75. The zero-order chi connectivity index (χ0) is 9.54. The third kappa shape index (κ3) is 1.02. The molecule has 0 aromatic carbocycles. The average Bonchev–Trinajstić information content (AvgIpc) is 2.54. The van der Waals surface area contributed by atoms with Crippen LogP contribution in [0.3, 0.4) is 0 Å². The van der Waals surface area contributed by atoms with Gasteiger partial charge in [0, 0.05) is 39.8 Å². The lowest BCUT2D eigenvalue weighted by atomic mass is 10.2. The van der Waals surface area contributed by atoms with Crippen LogP contribution in [0, 0.1) is 6.92 Å². The molecule has 3 rings (SSSR count). The third-order valence-electron chi connectivity index (χ3n) is 2.30. The summed E-state index contributed by atoms with van der Waals surface area (Å²) in [6.07, 6.45) is 5.69. The first-order valence-electron chi connectivity index (χ1n) is 4.43. The van der Waals surface area contributed by atoms with Gasteiger partial charge in [0.25, 0.3) is 0 Å². The van der Waals surface area contributed by atoms with Crippen molar-refractivity contribution in [3.63, 3.8) is 0 Å². The largest absolute Gasteiger partial charge is 0.263 e. The Hall–Kier alpha value is -1.48. The molecular formula is C11H8N2S. The Morgan fingerprint density at radius 1 is 1.14 bits per heavy atom. The minimum absolute atomic E-state index is 1.07. The van der Waals surface area contributed by atoms with Crippen LogP contribution in [0.1, 0.15) is 5.69 Å². The van der Waals surface area contributed by atoms with Gasteiger partial charge in [-0.3, -0.25) is 9.97 Å². The monoisotopic (exact) mass is 200 g/mol. The molecule has 3 heteroatoms. The molecule has 14 heavy (non-hydrogen) atoms. The van der Waals surface area contributed by atoms with E-state index in [-0.39, 0.29) is 0 Å². The van der Waals surface area contributed by atoms with E-state index < -0.39 is 0 Å². The molecule has 3 aromatic heterocycles. The zero-order valence-electron chi connectivity index (χ0n) is 7.69. The summed E-state index contributed by atoms with van der Waals surface area (Å²) >= 11 is 1.77. The van der Waals surface area contributed by atoms with Crippen molar-refractivity contribution in [3.8, 4) is 0 Å². The highest BCUT2D eigenvalue weighted by Crippen LogP contribution is 2.32. The van der Waals surface area contributed by atoms with Crippen LogP contribution in [-0.2, 0) is 0 Å².